The molecule has 0 saturated heterocycles. The zero-order chi connectivity index (χ0) is 15.9. The molecule has 0 saturated carbocycles. The Kier molecular flexibility index (Phi) is 14.8. The van der Waals surface area contributed by atoms with Crippen molar-refractivity contribution in [2.24, 2.45) is 10.8 Å². The van der Waals surface area contributed by atoms with Crippen LogP contribution in [0.25, 0.3) is 11.5 Å². The Morgan fingerprint density at radius 1 is 1.10 bits per heavy atom. The molecule has 0 aliphatic rings. The van der Waals surface area contributed by atoms with Gasteiger partial charge in [-0.1, -0.05) is 41.5 Å². The van der Waals surface area contributed by atoms with E-state index in [4.69, 9.17) is 21.0 Å². The summed E-state index contributed by atoms with van der Waals surface area (Å²) < 4.78 is 5.46. The van der Waals surface area contributed by atoms with E-state index in [9.17, 15) is 4.79 Å². The molecule has 0 atom stereocenters. The summed E-state index contributed by atoms with van der Waals surface area (Å²) in [7, 11) is 0. The molecule has 0 bridgehead atoms. The molecule has 0 fully saturated rings. The fourth-order valence-corrected chi connectivity index (χ4v) is 1.95. The molecule has 0 aliphatic heterocycles. The molecule has 0 aliphatic carbocycles. The predicted molar refractivity (Wildman–Crippen MR) is 81.3 cm³/mol. The van der Waals surface area contributed by atoms with E-state index in [0.717, 1.165) is 0 Å². The summed E-state index contributed by atoms with van der Waals surface area (Å²) in [6, 6.07) is 0. The second kappa shape index (κ2) is 11.5. The first-order chi connectivity index (χ1) is 8.32. The number of rotatable bonds is 3. The molecule has 0 aromatic heterocycles. The van der Waals surface area contributed by atoms with Crippen LogP contribution in [0.3, 0.4) is 0 Å². The molecule has 0 rings (SSSR count). The van der Waals surface area contributed by atoms with E-state index >= 15 is 0 Å². The van der Waals surface area contributed by atoms with Crippen LogP contribution in [0.15, 0.2) is 0 Å². The van der Waals surface area contributed by atoms with Crippen molar-refractivity contribution in [3.05, 3.63) is 11.5 Å². The van der Waals surface area contributed by atoms with Crippen molar-refractivity contribution in [2.45, 2.75) is 54.1 Å². The predicted octanol–water partition coefficient (Wildman–Crippen LogP) is 1.53. The fourth-order valence-electron chi connectivity index (χ4n) is 1.95. The summed E-state index contributed by atoms with van der Waals surface area (Å²) in [5.41, 5.74) is 12.7. The molecule has 0 heterocycles. The Balaban J connectivity index is -0.000000508. The number of carbonyl (C=O) groups is 2. The van der Waals surface area contributed by atoms with Gasteiger partial charge in [0.1, 0.15) is 11.3 Å². The molecule has 5 nitrogen and oxygen atoms in total. The second-order valence-electron chi connectivity index (χ2n) is 6.41. The number of esters is 1. The van der Waals surface area contributed by atoms with Crippen LogP contribution >= 0.6 is 12.6 Å². The standard InChI is InChI=1S/C12H24NO2.CH3NOS.K/c1-11(2,3)10(12(4,5)6)15-9(14)7-8-13;2-1(3)4;/h10,13H,7-8H2,1-6H3;(H3,2,3,4);/q-1;;+1/p-1. The molecule has 0 radical (unpaired) electrons. The number of nitrogens with one attached hydrogen (secondary N) is 2. The summed E-state index contributed by atoms with van der Waals surface area (Å²) in [6.45, 7) is 12.5. The van der Waals surface area contributed by atoms with Crippen molar-refractivity contribution >= 4 is 23.8 Å². The van der Waals surface area contributed by atoms with Crippen molar-refractivity contribution in [2.75, 3.05) is 6.54 Å². The van der Waals surface area contributed by atoms with Crippen LogP contribution < -0.4 is 51.4 Å². The van der Waals surface area contributed by atoms with Gasteiger partial charge in [-0.25, -0.2) is 0 Å². The van der Waals surface area contributed by atoms with Gasteiger partial charge in [0, 0.05) is 6.42 Å². The summed E-state index contributed by atoms with van der Waals surface area (Å²) in [5.74, 6) is -0.264. The largest absolute Gasteiger partial charge is 1.00 e. The normalized spacial score (nSPS) is 11.1. The van der Waals surface area contributed by atoms with Gasteiger partial charge in [-0.2, -0.15) is 0 Å². The van der Waals surface area contributed by atoms with E-state index in [1.807, 2.05) is 0 Å². The molecule has 20 heavy (non-hydrogen) atoms. The molecule has 0 unspecified atom stereocenters. The van der Waals surface area contributed by atoms with Gasteiger partial charge >= 0.3 is 57.4 Å². The van der Waals surface area contributed by atoms with Crippen molar-refractivity contribution in [1.82, 2.24) is 0 Å². The van der Waals surface area contributed by atoms with Gasteiger partial charge in [-0.05, 0) is 10.8 Å². The van der Waals surface area contributed by atoms with Gasteiger partial charge in [-0.15, -0.1) is 19.2 Å². The maximum Gasteiger partial charge on any atom is 1.00 e. The Labute approximate surface area is 170 Å². The minimum atomic E-state index is -0.889. The molecule has 114 valence electrons. The third-order valence-electron chi connectivity index (χ3n) is 2.15. The fraction of sp³-hybridized carbons (Fsp3) is 0.846. The van der Waals surface area contributed by atoms with Crippen LogP contribution in [0.1, 0.15) is 48.0 Å². The molecule has 0 spiro atoms. The van der Waals surface area contributed by atoms with Crippen LogP contribution in [0.2, 0.25) is 0 Å². The topological polar surface area (TPSA) is 91.0 Å². The van der Waals surface area contributed by atoms with Crippen LogP contribution in [-0.4, -0.2) is 23.9 Å². The Hall–Kier alpha value is 0.886. The SMILES string of the molecule is CC(C)(C)C(OC(=O)CC[NH-])C(C)(C)C.[K+].[NH-]C(=O)S. The van der Waals surface area contributed by atoms with Crippen LogP contribution in [0.4, 0.5) is 4.79 Å². The maximum absolute atomic E-state index is 11.4. The van der Waals surface area contributed by atoms with Gasteiger partial charge in [0.25, 0.3) is 0 Å². The first-order valence-corrected chi connectivity index (χ1v) is 6.55. The van der Waals surface area contributed by atoms with Crippen molar-refractivity contribution < 1.29 is 65.7 Å². The third kappa shape index (κ3) is 15.3. The molecule has 0 aromatic rings. The molecular weight excluding hydrogens is 303 g/mol. The second-order valence-corrected chi connectivity index (χ2v) is 6.81. The van der Waals surface area contributed by atoms with Gasteiger partial charge in [0.2, 0.25) is 0 Å². The zero-order valence-electron chi connectivity index (χ0n) is 13.7. The first kappa shape index (κ1) is 25.8. The van der Waals surface area contributed by atoms with E-state index in [1.54, 1.807) is 0 Å². The van der Waals surface area contributed by atoms with E-state index in [2.05, 4.69) is 54.2 Å². The maximum atomic E-state index is 11.4. The van der Waals surface area contributed by atoms with Gasteiger partial charge < -0.3 is 21.0 Å². The van der Waals surface area contributed by atoms with E-state index in [0.29, 0.717) is 0 Å². The van der Waals surface area contributed by atoms with Gasteiger partial charge in [-0.3, -0.25) is 4.79 Å². The minimum absolute atomic E-state index is 0. The molecule has 2 N–H and O–H groups in total. The number of amides is 1. The van der Waals surface area contributed by atoms with Crippen LogP contribution in [0, 0.1) is 10.8 Å². The monoisotopic (exact) mass is 329 g/mol. The summed E-state index contributed by atoms with van der Waals surface area (Å²) in [4.78, 5) is 20.4. The smallest absolute Gasteiger partial charge is 0.677 e. The summed E-state index contributed by atoms with van der Waals surface area (Å²) in [6.07, 6.45) is 0.0619. The van der Waals surface area contributed by atoms with Crippen LogP contribution in [-0.2, 0) is 9.53 Å². The molecule has 0 aromatic carbocycles. The van der Waals surface area contributed by atoms with Gasteiger partial charge in [0.05, 0.1) is 0 Å². The average molecular weight is 330 g/mol. The van der Waals surface area contributed by atoms with E-state index < -0.39 is 5.24 Å². The van der Waals surface area contributed by atoms with Crippen molar-refractivity contribution in [3.8, 4) is 0 Å². The number of thiol groups is 1. The molecule has 1 amide bonds. The van der Waals surface area contributed by atoms with E-state index in [-0.39, 0.29) is 87.3 Å². The van der Waals surface area contributed by atoms with Crippen molar-refractivity contribution in [3.63, 3.8) is 0 Å². The summed E-state index contributed by atoms with van der Waals surface area (Å²) >= 11 is 2.99. The Bertz CT molecular complexity index is 281. The zero-order valence-corrected chi connectivity index (χ0v) is 17.7. The van der Waals surface area contributed by atoms with Gasteiger partial charge in [0.15, 0.2) is 0 Å². The van der Waals surface area contributed by atoms with Crippen LogP contribution in [0.5, 0.6) is 0 Å². The number of hydrogen-bond acceptors (Lipinski definition) is 3. The number of carbonyl (C=O) groups excluding carboxylic acids is 2. The minimum Gasteiger partial charge on any atom is -0.677 e. The Morgan fingerprint density at radius 2 is 1.40 bits per heavy atom. The third-order valence-corrected chi connectivity index (χ3v) is 2.15. The average Bonchev–Trinajstić information content (AvgIpc) is 2.10. The quantitative estimate of drug-likeness (QED) is 0.483. The Morgan fingerprint density at radius 3 is 1.60 bits per heavy atom. The summed E-state index contributed by atoms with van der Waals surface area (Å²) in [5, 5.41) is -0.889. The molecule has 7 heteroatoms. The van der Waals surface area contributed by atoms with E-state index in [1.165, 1.54) is 0 Å². The molecular formula is C13H26KN2O3S-. The number of hydrogen-bond donors (Lipinski definition) is 1. The number of ether oxygens (including phenoxy) is 1. The first-order valence-electron chi connectivity index (χ1n) is 6.11. The van der Waals surface area contributed by atoms with Crippen molar-refractivity contribution in [1.29, 1.82) is 0 Å².